The van der Waals surface area contributed by atoms with Crippen molar-refractivity contribution in [2.24, 2.45) is 5.92 Å². The van der Waals surface area contributed by atoms with Gasteiger partial charge in [0, 0.05) is 29.2 Å². The van der Waals surface area contributed by atoms with E-state index in [1.807, 2.05) is 30.3 Å². The van der Waals surface area contributed by atoms with E-state index >= 15 is 0 Å². The SMILES string of the molecule is O=C(Nc1nnc(-c2ccccc2)o1)C1CCCN(C(=O)c2ccc(Cl)cc2)C1. The smallest absolute Gasteiger partial charge is 0.322 e. The Labute approximate surface area is 172 Å². The number of hydrogen-bond acceptors (Lipinski definition) is 5. The van der Waals surface area contributed by atoms with Gasteiger partial charge in [-0.2, -0.15) is 0 Å². The lowest BCUT2D eigenvalue weighted by Crippen LogP contribution is -2.43. The number of aromatic nitrogens is 2. The van der Waals surface area contributed by atoms with Crippen LogP contribution in [0.3, 0.4) is 0 Å². The summed E-state index contributed by atoms with van der Waals surface area (Å²) in [6.45, 7) is 0.955. The Hall–Kier alpha value is -3.19. The summed E-state index contributed by atoms with van der Waals surface area (Å²) in [5.74, 6) is -0.346. The van der Waals surface area contributed by atoms with Gasteiger partial charge in [-0.3, -0.25) is 14.9 Å². The second-order valence-electron chi connectivity index (χ2n) is 6.86. The summed E-state index contributed by atoms with van der Waals surface area (Å²) in [5, 5.41) is 11.1. The molecule has 2 heterocycles. The first-order chi connectivity index (χ1) is 14.1. The molecule has 4 rings (SSSR count). The third-order valence-corrected chi connectivity index (χ3v) is 5.10. The number of nitrogens with zero attached hydrogens (tertiary/aromatic N) is 3. The number of hydrogen-bond donors (Lipinski definition) is 1. The molecule has 0 radical (unpaired) electrons. The first kappa shape index (κ1) is 19.1. The van der Waals surface area contributed by atoms with Crippen LogP contribution in [0, 0.1) is 5.92 Å². The van der Waals surface area contributed by atoms with E-state index in [1.165, 1.54) is 0 Å². The van der Waals surface area contributed by atoms with Crippen LogP contribution in [0.25, 0.3) is 11.5 Å². The van der Waals surface area contributed by atoms with Crippen molar-refractivity contribution in [3.8, 4) is 11.5 Å². The monoisotopic (exact) mass is 410 g/mol. The van der Waals surface area contributed by atoms with Gasteiger partial charge in [-0.25, -0.2) is 0 Å². The van der Waals surface area contributed by atoms with Gasteiger partial charge in [-0.05, 0) is 49.2 Å². The third kappa shape index (κ3) is 4.46. The van der Waals surface area contributed by atoms with Gasteiger partial charge >= 0.3 is 6.01 Å². The maximum absolute atomic E-state index is 12.7. The first-order valence-electron chi connectivity index (χ1n) is 9.35. The second kappa shape index (κ2) is 8.45. The molecule has 0 aliphatic carbocycles. The van der Waals surface area contributed by atoms with Crippen LogP contribution in [0.1, 0.15) is 23.2 Å². The van der Waals surface area contributed by atoms with E-state index in [-0.39, 0.29) is 23.7 Å². The average molecular weight is 411 g/mol. The highest BCUT2D eigenvalue weighted by Crippen LogP contribution is 2.23. The Kier molecular flexibility index (Phi) is 5.57. The Morgan fingerprint density at radius 1 is 1.07 bits per heavy atom. The molecule has 0 spiro atoms. The minimum absolute atomic E-state index is 0.0509. The molecule has 1 N–H and O–H groups in total. The predicted molar refractivity (Wildman–Crippen MR) is 108 cm³/mol. The van der Waals surface area contributed by atoms with Crippen LogP contribution in [0.4, 0.5) is 6.01 Å². The molecule has 148 valence electrons. The van der Waals surface area contributed by atoms with Crippen LogP contribution in [-0.2, 0) is 4.79 Å². The van der Waals surface area contributed by atoms with Crippen LogP contribution >= 0.6 is 11.6 Å². The summed E-state index contributed by atoms with van der Waals surface area (Å²) in [6, 6.07) is 16.1. The average Bonchev–Trinajstić information content (AvgIpc) is 3.23. The molecule has 1 aliphatic heterocycles. The number of nitrogens with one attached hydrogen (secondary N) is 1. The molecular weight excluding hydrogens is 392 g/mol. The van der Waals surface area contributed by atoms with Crippen molar-refractivity contribution in [2.45, 2.75) is 12.8 Å². The highest BCUT2D eigenvalue weighted by Gasteiger charge is 2.29. The molecule has 1 aromatic heterocycles. The number of likely N-dealkylation sites (tertiary alicyclic amines) is 1. The van der Waals surface area contributed by atoms with Crippen LogP contribution in [0.15, 0.2) is 59.0 Å². The number of halogens is 1. The molecule has 1 fully saturated rings. The summed E-state index contributed by atoms with van der Waals surface area (Å²) in [5.41, 5.74) is 1.33. The number of rotatable bonds is 4. The fourth-order valence-corrected chi connectivity index (χ4v) is 3.46. The number of amides is 2. The van der Waals surface area contributed by atoms with Crippen molar-refractivity contribution in [1.82, 2.24) is 15.1 Å². The zero-order chi connectivity index (χ0) is 20.2. The fraction of sp³-hybridized carbons (Fsp3) is 0.238. The van der Waals surface area contributed by atoms with Gasteiger partial charge < -0.3 is 9.32 Å². The highest BCUT2D eigenvalue weighted by molar-refractivity contribution is 6.30. The molecule has 1 aliphatic rings. The topological polar surface area (TPSA) is 88.3 Å². The van der Waals surface area contributed by atoms with Gasteiger partial charge in [0.2, 0.25) is 11.8 Å². The zero-order valence-corrected chi connectivity index (χ0v) is 16.3. The van der Waals surface area contributed by atoms with Crippen LogP contribution in [-0.4, -0.2) is 40.0 Å². The van der Waals surface area contributed by atoms with Crippen molar-refractivity contribution < 1.29 is 14.0 Å². The maximum Gasteiger partial charge on any atom is 0.322 e. The molecule has 2 aromatic carbocycles. The van der Waals surface area contributed by atoms with Gasteiger partial charge in [0.05, 0.1) is 5.92 Å². The lowest BCUT2D eigenvalue weighted by Gasteiger charge is -2.31. The van der Waals surface area contributed by atoms with Crippen molar-refractivity contribution in [3.05, 3.63) is 65.2 Å². The van der Waals surface area contributed by atoms with E-state index in [0.717, 1.165) is 12.0 Å². The zero-order valence-electron chi connectivity index (χ0n) is 15.5. The number of carbonyl (C=O) groups is 2. The lowest BCUT2D eigenvalue weighted by molar-refractivity contribution is -0.121. The normalized spacial score (nSPS) is 16.4. The molecule has 1 atom stereocenters. The van der Waals surface area contributed by atoms with Gasteiger partial charge in [0.15, 0.2) is 0 Å². The van der Waals surface area contributed by atoms with Gasteiger partial charge in [0.25, 0.3) is 5.91 Å². The Bertz CT molecular complexity index is 1000. The second-order valence-corrected chi connectivity index (χ2v) is 7.30. The van der Waals surface area contributed by atoms with Gasteiger partial charge in [0.1, 0.15) is 0 Å². The molecule has 3 aromatic rings. The van der Waals surface area contributed by atoms with E-state index in [9.17, 15) is 9.59 Å². The first-order valence-corrected chi connectivity index (χ1v) is 9.72. The Morgan fingerprint density at radius 2 is 1.83 bits per heavy atom. The number of piperidine rings is 1. The Morgan fingerprint density at radius 3 is 2.59 bits per heavy atom. The molecule has 1 unspecified atom stereocenters. The number of carbonyl (C=O) groups excluding carboxylic acids is 2. The molecular formula is C21H19ClN4O3. The van der Waals surface area contributed by atoms with Gasteiger partial charge in [-0.15, -0.1) is 5.10 Å². The van der Waals surface area contributed by atoms with Crippen molar-refractivity contribution in [3.63, 3.8) is 0 Å². The van der Waals surface area contributed by atoms with Crippen LogP contribution in [0.2, 0.25) is 5.02 Å². The summed E-state index contributed by atoms with van der Waals surface area (Å²) >= 11 is 5.89. The highest BCUT2D eigenvalue weighted by atomic mass is 35.5. The van der Waals surface area contributed by atoms with Crippen molar-refractivity contribution in [2.75, 3.05) is 18.4 Å². The summed E-state index contributed by atoms with van der Waals surface area (Å²) in [4.78, 5) is 27.1. The maximum atomic E-state index is 12.7. The molecule has 1 saturated heterocycles. The largest absolute Gasteiger partial charge is 0.403 e. The minimum Gasteiger partial charge on any atom is -0.403 e. The van der Waals surface area contributed by atoms with Gasteiger partial charge in [-0.1, -0.05) is 34.9 Å². The van der Waals surface area contributed by atoms with E-state index in [1.54, 1.807) is 29.2 Å². The van der Waals surface area contributed by atoms with Crippen molar-refractivity contribution >= 4 is 29.4 Å². The summed E-state index contributed by atoms with van der Waals surface area (Å²) in [7, 11) is 0. The number of benzene rings is 2. The van der Waals surface area contributed by atoms with Crippen LogP contribution < -0.4 is 5.32 Å². The van der Waals surface area contributed by atoms with Crippen LogP contribution in [0.5, 0.6) is 0 Å². The van der Waals surface area contributed by atoms with E-state index in [0.29, 0.717) is 36.0 Å². The molecule has 0 saturated carbocycles. The van der Waals surface area contributed by atoms with Crippen molar-refractivity contribution in [1.29, 1.82) is 0 Å². The lowest BCUT2D eigenvalue weighted by atomic mass is 9.96. The third-order valence-electron chi connectivity index (χ3n) is 4.85. The molecule has 8 heteroatoms. The Balaban J connectivity index is 1.39. The summed E-state index contributed by atoms with van der Waals surface area (Å²) in [6.07, 6.45) is 1.44. The molecule has 0 bridgehead atoms. The fourth-order valence-electron chi connectivity index (χ4n) is 3.33. The quantitative estimate of drug-likeness (QED) is 0.705. The predicted octanol–water partition coefficient (Wildman–Crippen LogP) is 3.88. The van der Waals surface area contributed by atoms with E-state index < -0.39 is 0 Å². The standard InChI is InChI=1S/C21H19ClN4O3/c22-17-10-8-15(9-11-17)20(28)26-12-4-7-16(13-26)18(27)23-21-25-24-19(29-21)14-5-2-1-3-6-14/h1-3,5-6,8-11,16H,4,7,12-13H2,(H,23,25,27). The van der Waals surface area contributed by atoms with E-state index in [2.05, 4.69) is 15.5 Å². The molecule has 2 amide bonds. The molecule has 29 heavy (non-hydrogen) atoms. The number of anilines is 1. The molecule has 7 nitrogen and oxygen atoms in total. The summed E-state index contributed by atoms with van der Waals surface area (Å²) < 4.78 is 5.54. The van der Waals surface area contributed by atoms with E-state index in [4.69, 9.17) is 16.0 Å². The minimum atomic E-state index is -0.341.